The Hall–Kier alpha value is -1.21. The summed E-state index contributed by atoms with van der Waals surface area (Å²) in [5, 5.41) is 5.20. The maximum Gasteiger partial charge on any atom is 0.243 e. The SMILES string of the molecule is CC(c1cccs1)N(C)S(=O)(=O)c1ccc2c(c1)CNC2. The Balaban J connectivity index is 1.93. The van der Waals surface area contributed by atoms with E-state index in [-0.39, 0.29) is 6.04 Å². The van der Waals surface area contributed by atoms with Gasteiger partial charge in [-0.25, -0.2) is 8.42 Å². The summed E-state index contributed by atoms with van der Waals surface area (Å²) in [6.07, 6.45) is 0. The van der Waals surface area contributed by atoms with Crippen molar-refractivity contribution in [2.45, 2.75) is 31.0 Å². The zero-order chi connectivity index (χ0) is 15.0. The lowest BCUT2D eigenvalue weighted by atomic mass is 10.1. The minimum Gasteiger partial charge on any atom is -0.309 e. The van der Waals surface area contributed by atoms with Crippen LogP contribution >= 0.6 is 11.3 Å². The van der Waals surface area contributed by atoms with Gasteiger partial charge in [0.25, 0.3) is 0 Å². The molecule has 0 saturated heterocycles. The van der Waals surface area contributed by atoms with Crippen LogP contribution in [0.1, 0.15) is 29.0 Å². The molecule has 1 aromatic heterocycles. The van der Waals surface area contributed by atoms with Crippen molar-refractivity contribution >= 4 is 21.4 Å². The van der Waals surface area contributed by atoms with Crippen molar-refractivity contribution in [3.05, 3.63) is 51.7 Å². The molecule has 0 bridgehead atoms. The summed E-state index contributed by atoms with van der Waals surface area (Å²) in [4.78, 5) is 1.42. The number of hydrogen-bond acceptors (Lipinski definition) is 4. The van der Waals surface area contributed by atoms with Crippen molar-refractivity contribution in [2.24, 2.45) is 0 Å². The second kappa shape index (κ2) is 5.53. The molecule has 0 saturated carbocycles. The highest BCUT2D eigenvalue weighted by Crippen LogP contribution is 2.29. The number of nitrogens with one attached hydrogen (secondary N) is 1. The van der Waals surface area contributed by atoms with Crippen LogP contribution in [-0.2, 0) is 23.1 Å². The molecule has 6 heteroatoms. The quantitative estimate of drug-likeness (QED) is 0.941. The van der Waals surface area contributed by atoms with Crippen LogP contribution in [0.5, 0.6) is 0 Å². The van der Waals surface area contributed by atoms with Gasteiger partial charge in [0.15, 0.2) is 0 Å². The minimum absolute atomic E-state index is 0.165. The molecule has 2 aromatic rings. The van der Waals surface area contributed by atoms with E-state index in [1.54, 1.807) is 30.5 Å². The summed E-state index contributed by atoms with van der Waals surface area (Å²) >= 11 is 1.57. The monoisotopic (exact) mass is 322 g/mol. The average Bonchev–Trinajstić information content (AvgIpc) is 3.15. The Morgan fingerprint density at radius 2 is 2.00 bits per heavy atom. The first-order valence-corrected chi connectivity index (χ1v) is 9.16. The van der Waals surface area contributed by atoms with Gasteiger partial charge in [0.2, 0.25) is 10.0 Å². The minimum atomic E-state index is -3.47. The third kappa shape index (κ3) is 2.64. The first-order valence-electron chi connectivity index (χ1n) is 6.84. The van der Waals surface area contributed by atoms with Gasteiger partial charge in [-0.05, 0) is 41.6 Å². The lowest BCUT2D eigenvalue weighted by Crippen LogP contribution is -2.29. The summed E-state index contributed by atoms with van der Waals surface area (Å²) in [7, 11) is -1.83. The third-order valence-electron chi connectivity index (χ3n) is 3.99. The van der Waals surface area contributed by atoms with Gasteiger partial charge in [0, 0.05) is 25.0 Å². The fraction of sp³-hybridized carbons (Fsp3) is 0.333. The summed E-state index contributed by atoms with van der Waals surface area (Å²) in [6, 6.07) is 9.15. The van der Waals surface area contributed by atoms with E-state index in [9.17, 15) is 8.42 Å². The number of benzene rings is 1. The molecule has 1 aliphatic heterocycles. The topological polar surface area (TPSA) is 49.4 Å². The molecule has 112 valence electrons. The third-order valence-corrected chi connectivity index (χ3v) is 6.95. The number of hydrogen-bond donors (Lipinski definition) is 1. The van der Waals surface area contributed by atoms with Gasteiger partial charge in [-0.1, -0.05) is 12.1 Å². The molecule has 3 rings (SSSR count). The van der Waals surface area contributed by atoms with Crippen molar-refractivity contribution in [1.29, 1.82) is 0 Å². The van der Waals surface area contributed by atoms with E-state index >= 15 is 0 Å². The summed E-state index contributed by atoms with van der Waals surface area (Å²) < 4.78 is 27.0. The van der Waals surface area contributed by atoms with Gasteiger partial charge >= 0.3 is 0 Å². The van der Waals surface area contributed by atoms with Crippen molar-refractivity contribution in [2.75, 3.05) is 7.05 Å². The predicted octanol–water partition coefficient (Wildman–Crippen LogP) is 2.73. The highest BCUT2D eigenvalue weighted by Gasteiger charge is 2.27. The van der Waals surface area contributed by atoms with Gasteiger partial charge < -0.3 is 5.32 Å². The van der Waals surface area contributed by atoms with Crippen molar-refractivity contribution in [3.63, 3.8) is 0 Å². The molecule has 0 aliphatic carbocycles. The lowest BCUT2D eigenvalue weighted by molar-refractivity contribution is 0.403. The summed E-state index contributed by atoms with van der Waals surface area (Å²) in [5.41, 5.74) is 2.26. The van der Waals surface area contributed by atoms with E-state index in [0.717, 1.165) is 23.5 Å². The molecule has 1 N–H and O–H groups in total. The second-order valence-electron chi connectivity index (χ2n) is 5.25. The van der Waals surface area contributed by atoms with E-state index in [1.807, 2.05) is 30.5 Å². The maximum atomic E-state index is 12.8. The van der Waals surface area contributed by atoms with Crippen molar-refractivity contribution < 1.29 is 8.42 Å². The zero-order valence-electron chi connectivity index (χ0n) is 12.0. The van der Waals surface area contributed by atoms with E-state index in [4.69, 9.17) is 0 Å². The Bertz CT molecular complexity index is 739. The maximum absolute atomic E-state index is 12.8. The first kappa shape index (κ1) is 14.7. The molecular formula is C15H18N2O2S2. The fourth-order valence-electron chi connectivity index (χ4n) is 2.51. The van der Waals surface area contributed by atoms with Gasteiger partial charge in [-0.2, -0.15) is 4.31 Å². The number of thiophene rings is 1. The molecule has 1 atom stereocenters. The van der Waals surface area contributed by atoms with Crippen LogP contribution < -0.4 is 5.32 Å². The summed E-state index contributed by atoms with van der Waals surface area (Å²) in [5.74, 6) is 0. The van der Waals surface area contributed by atoms with Crippen LogP contribution in [0.2, 0.25) is 0 Å². The van der Waals surface area contributed by atoms with Gasteiger partial charge in [0.05, 0.1) is 10.9 Å². The van der Waals surface area contributed by atoms with E-state index in [0.29, 0.717) is 4.90 Å². The molecule has 1 unspecified atom stereocenters. The number of sulfonamides is 1. The number of nitrogens with zero attached hydrogens (tertiary/aromatic N) is 1. The fourth-order valence-corrected chi connectivity index (χ4v) is 4.80. The molecule has 0 spiro atoms. The van der Waals surface area contributed by atoms with E-state index < -0.39 is 10.0 Å². The Labute approximate surface area is 129 Å². The van der Waals surface area contributed by atoms with E-state index in [1.165, 1.54) is 9.87 Å². The van der Waals surface area contributed by atoms with E-state index in [2.05, 4.69) is 5.32 Å². The van der Waals surface area contributed by atoms with Crippen molar-refractivity contribution in [1.82, 2.24) is 9.62 Å². The second-order valence-corrected chi connectivity index (χ2v) is 8.22. The van der Waals surface area contributed by atoms with Crippen LogP contribution in [-0.4, -0.2) is 19.8 Å². The molecule has 21 heavy (non-hydrogen) atoms. The van der Waals surface area contributed by atoms with Gasteiger partial charge in [-0.15, -0.1) is 11.3 Å². The number of fused-ring (bicyclic) bond motifs is 1. The Kier molecular flexibility index (Phi) is 3.88. The largest absolute Gasteiger partial charge is 0.309 e. The average molecular weight is 322 g/mol. The van der Waals surface area contributed by atoms with Crippen LogP contribution in [0, 0.1) is 0 Å². The molecular weight excluding hydrogens is 304 g/mol. The molecule has 2 heterocycles. The highest BCUT2D eigenvalue weighted by atomic mass is 32.2. The van der Waals surface area contributed by atoms with Crippen LogP contribution in [0.15, 0.2) is 40.6 Å². The molecule has 0 fully saturated rings. The van der Waals surface area contributed by atoms with Crippen molar-refractivity contribution in [3.8, 4) is 0 Å². The number of rotatable bonds is 4. The van der Waals surface area contributed by atoms with Gasteiger partial charge in [0.1, 0.15) is 0 Å². The van der Waals surface area contributed by atoms with Crippen LogP contribution in [0.3, 0.4) is 0 Å². The van der Waals surface area contributed by atoms with Gasteiger partial charge in [-0.3, -0.25) is 0 Å². The molecule has 0 radical (unpaired) electrons. The Morgan fingerprint density at radius 1 is 1.24 bits per heavy atom. The summed E-state index contributed by atoms with van der Waals surface area (Å²) in [6.45, 7) is 3.47. The van der Waals surface area contributed by atoms with Crippen LogP contribution in [0.4, 0.5) is 0 Å². The predicted molar refractivity (Wildman–Crippen MR) is 84.7 cm³/mol. The molecule has 1 aliphatic rings. The first-order chi connectivity index (χ1) is 10.00. The molecule has 4 nitrogen and oxygen atoms in total. The highest BCUT2D eigenvalue weighted by molar-refractivity contribution is 7.89. The standard InChI is InChI=1S/C15H18N2O2S2/c1-11(15-4-3-7-20-15)17(2)21(18,19)14-6-5-12-9-16-10-13(12)8-14/h3-8,11,16H,9-10H2,1-2H3. The smallest absolute Gasteiger partial charge is 0.243 e. The lowest BCUT2D eigenvalue weighted by Gasteiger charge is -2.23. The molecule has 1 aromatic carbocycles. The van der Waals surface area contributed by atoms with Crippen LogP contribution in [0.25, 0.3) is 0 Å². The normalized spacial score (nSPS) is 16.1. The Morgan fingerprint density at radius 3 is 2.71 bits per heavy atom. The zero-order valence-corrected chi connectivity index (χ0v) is 13.7. The molecule has 0 amide bonds.